The number of hydrogen-bond acceptors (Lipinski definition) is 7. The van der Waals surface area contributed by atoms with Crippen LogP contribution in [0.5, 0.6) is 5.75 Å². The molecular weight excluding hydrogens is 504 g/mol. The zero-order valence-electron chi connectivity index (χ0n) is 22.3. The van der Waals surface area contributed by atoms with E-state index in [0.29, 0.717) is 16.9 Å². The summed E-state index contributed by atoms with van der Waals surface area (Å²) in [5, 5.41) is 3.86. The Kier molecular flexibility index (Phi) is 7.59. The molecule has 2 aromatic heterocycles. The van der Waals surface area contributed by atoms with Crippen LogP contribution in [0.25, 0.3) is 10.9 Å². The van der Waals surface area contributed by atoms with Gasteiger partial charge in [0.05, 0.1) is 22.4 Å². The number of ether oxygens (including phenoxy) is 1. The summed E-state index contributed by atoms with van der Waals surface area (Å²) in [5.74, 6) is 0.571. The van der Waals surface area contributed by atoms with Crippen LogP contribution >= 0.6 is 11.6 Å². The van der Waals surface area contributed by atoms with E-state index in [9.17, 15) is 9.59 Å². The highest BCUT2D eigenvalue weighted by Crippen LogP contribution is 2.41. The van der Waals surface area contributed by atoms with Crippen molar-refractivity contribution in [1.82, 2.24) is 24.8 Å². The molecule has 0 unspecified atom stereocenters. The Morgan fingerprint density at radius 3 is 2.53 bits per heavy atom. The molecule has 0 atom stereocenters. The number of likely N-dealkylation sites (tertiary alicyclic amines) is 1. The minimum atomic E-state index is -0.301. The van der Waals surface area contributed by atoms with E-state index in [0.717, 1.165) is 41.2 Å². The van der Waals surface area contributed by atoms with Crippen molar-refractivity contribution in [2.45, 2.75) is 32.1 Å². The number of aromatic nitrogens is 3. The third kappa shape index (κ3) is 5.49. The number of anilines is 1. The summed E-state index contributed by atoms with van der Waals surface area (Å²) < 4.78 is 7.02. The molecule has 202 valence electrons. The highest BCUT2D eigenvalue weighted by atomic mass is 35.5. The largest absolute Gasteiger partial charge is 0.478 e. The van der Waals surface area contributed by atoms with Gasteiger partial charge < -0.3 is 24.4 Å². The second kappa shape index (κ2) is 10.9. The van der Waals surface area contributed by atoms with Gasteiger partial charge in [0, 0.05) is 39.0 Å². The summed E-state index contributed by atoms with van der Waals surface area (Å²) in [6.07, 6.45) is 7.14. The lowest BCUT2D eigenvalue weighted by molar-refractivity contribution is -0.122. The summed E-state index contributed by atoms with van der Waals surface area (Å²) >= 11 is 6.54. The van der Waals surface area contributed by atoms with E-state index in [1.165, 1.54) is 50.4 Å². The maximum atomic E-state index is 12.7. The first-order valence-corrected chi connectivity index (χ1v) is 13.6. The van der Waals surface area contributed by atoms with Crippen molar-refractivity contribution in [3.8, 4) is 5.75 Å². The van der Waals surface area contributed by atoms with E-state index in [2.05, 4.69) is 27.1 Å². The quantitative estimate of drug-likeness (QED) is 0.515. The molecule has 0 saturated carbocycles. The number of amides is 1. The van der Waals surface area contributed by atoms with E-state index in [-0.39, 0.29) is 23.8 Å². The van der Waals surface area contributed by atoms with Gasteiger partial charge in [0.25, 0.3) is 11.5 Å². The van der Waals surface area contributed by atoms with Gasteiger partial charge in [-0.1, -0.05) is 17.7 Å². The molecule has 2 fully saturated rings. The first kappa shape index (κ1) is 26.4. The number of benzene rings is 1. The Labute approximate surface area is 227 Å². The van der Waals surface area contributed by atoms with Gasteiger partial charge in [-0.2, -0.15) is 0 Å². The number of halogens is 1. The maximum absolute atomic E-state index is 12.7. The predicted molar refractivity (Wildman–Crippen MR) is 149 cm³/mol. The third-order valence-corrected chi connectivity index (χ3v) is 8.54. The smallest absolute Gasteiger partial charge is 0.293 e. The number of nitrogens with one attached hydrogen (secondary N) is 1. The molecule has 2 saturated heterocycles. The average Bonchev–Trinajstić information content (AvgIpc) is 2.93. The number of aryl methyl sites for hydroxylation is 1. The highest BCUT2D eigenvalue weighted by Gasteiger charge is 2.37. The van der Waals surface area contributed by atoms with E-state index < -0.39 is 0 Å². The van der Waals surface area contributed by atoms with Gasteiger partial charge in [-0.15, -0.1) is 0 Å². The molecule has 10 heteroatoms. The number of carbonyl (C=O) groups is 1. The van der Waals surface area contributed by atoms with Crippen LogP contribution < -0.4 is 20.5 Å². The summed E-state index contributed by atoms with van der Waals surface area (Å²) in [4.78, 5) is 38.4. The normalized spacial score (nSPS) is 17.6. The Balaban J connectivity index is 1.33. The van der Waals surface area contributed by atoms with Crippen LogP contribution in [0.3, 0.4) is 0 Å². The molecule has 9 nitrogen and oxygen atoms in total. The van der Waals surface area contributed by atoms with Crippen LogP contribution in [0.1, 0.15) is 36.9 Å². The second-order valence-corrected chi connectivity index (χ2v) is 11.1. The number of hydrogen-bond donors (Lipinski definition) is 1. The van der Waals surface area contributed by atoms with Gasteiger partial charge in [-0.3, -0.25) is 9.59 Å². The van der Waals surface area contributed by atoms with E-state index in [1.807, 2.05) is 18.2 Å². The van der Waals surface area contributed by atoms with Crippen molar-refractivity contribution in [2.24, 2.45) is 12.5 Å². The molecule has 4 heterocycles. The van der Waals surface area contributed by atoms with Gasteiger partial charge >= 0.3 is 0 Å². The highest BCUT2D eigenvalue weighted by molar-refractivity contribution is 6.31. The van der Waals surface area contributed by atoms with Gasteiger partial charge in [0.1, 0.15) is 0 Å². The average molecular weight is 539 g/mol. The zero-order valence-corrected chi connectivity index (χ0v) is 23.1. The SMILES string of the molecule is CNC(=O)COc1cc2cc(Cc3nc(N4CCC5(CCN(C)CC5)CC4)ncc3Cl)ccc2n(C)c1=O. The predicted octanol–water partition coefficient (Wildman–Crippen LogP) is 3.01. The van der Waals surface area contributed by atoms with Crippen LogP contribution in [0.15, 0.2) is 35.3 Å². The van der Waals surface area contributed by atoms with Crippen LogP contribution in [-0.2, 0) is 18.3 Å². The minimum Gasteiger partial charge on any atom is -0.478 e. The third-order valence-electron chi connectivity index (χ3n) is 8.22. The molecule has 5 rings (SSSR count). The second-order valence-electron chi connectivity index (χ2n) is 10.7. The fraction of sp³-hybridized carbons (Fsp3) is 0.500. The number of likely N-dealkylation sites (N-methyl/N-ethyl adjacent to an activating group) is 1. The number of rotatable bonds is 6. The lowest BCUT2D eigenvalue weighted by Crippen LogP contribution is -2.46. The molecule has 2 aliphatic heterocycles. The molecule has 2 aliphatic rings. The zero-order chi connectivity index (χ0) is 26.9. The number of piperidine rings is 2. The van der Waals surface area contributed by atoms with E-state index in [1.54, 1.807) is 19.3 Å². The van der Waals surface area contributed by atoms with Gasteiger partial charge in [-0.25, -0.2) is 9.97 Å². The Bertz CT molecular complexity index is 1390. The fourth-order valence-corrected chi connectivity index (χ4v) is 5.72. The molecule has 0 bridgehead atoms. The Morgan fingerprint density at radius 2 is 1.82 bits per heavy atom. The molecule has 1 amide bonds. The van der Waals surface area contributed by atoms with E-state index >= 15 is 0 Å². The minimum absolute atomic E-state index is 0.135. The van der Waals surface area contributed by atoms with E-state index in [4.69, 9.17) is 21.3 Å². The number of fused-ring (bicyclic) bond motifs is 1. The van der Waals surface area contributed by atoms with Crippen molar-refractivity contribution in [2.75, 3.05) is 51.8 Å². The van der Waals surface area contributed by atoms with Crippen molar-refractivity contribution in [3.63, 3.8) is 0 Å². The van der Waals surface area contributed by atoms with Crippen molar-refractivity contribution >= 4 is 34.4 Å². The monoisotopic (exact) mass is 538 g/mol. The fourth-order valence-electron chi connectivity index (χ4n) is 5.57. The van der Waals surface area contributed by atoms with Gasteiger partial charge in [0.2, 0.25) is 5.95 Å². The van der Waals surface area contributed by atoms with Crippen LogP contribution in [0.2, 0.25) is 5.02 Å². The first-order valence-electron chi connectivity index (χ1n) is 13.2. The van der Waals surface area contributed by atoms with Crippen LogP contribution in [-0.4, -0.2) is 72.2 Å². The van der Waals surface area contributed by atoms with Crippen molar-refractivity contribution < 1.29 is 9.53 Å². The molecule has 0 radical (unpaired) electrons. The molecule has 1 aromatic carbocycles. The lowest BCUT2D eigenvalue weighted by Gasteiger charge is -2.46. The van der Waals surface area contributed by atoms with Gasteiger partial charge in [0.15, 0.2) is 12.4 Å². The molecule has 1 spiro atoms. The molecule has 3 aromatic rings. The number of carbonyl (C=O) groups excluding carboxylic acids is 1. The first-order chi connectivity index (χ1) is 18.3. The van der Waals surface area contributed by atoms with Crippen LogP contribution in [0, 0.1) is 5.41 Å². The lowest BCUT2D eigenvalue weighted by atomic mass is 9.71. The Morgan fingerprint density at radius 1 is 1.11 bits per heavy atom. The maximum Gasteiger partial charge on any atom is 0.293 e. The summed E-state index contributed by atoms with van der Waals surface area (Å²) in [5.41, 5.74) is 2.73. The molecule has 0 aliphatic carbocycles. The molecule has 38 heavy (non-hydrogen) atoms. The van der Waals surface area contributed by atoms with Crippen molar-refractivity contribution in [1.29, 1.82) is 0 Å². The number of pyridine rings is 1. The summed E-state index contributed by atoms with van der Waals surface area (Å²) in [6.45, 7) is 4.08. The summed E-state index contributed by atoms with van der Waals surface area (Å²) in [7, 11) is 5.43. The number of nitrogens with zero attached hydrogens (tertiary/aromatic N) is 5. The standard InChI is InChI=1S/C28H35ClN6O3/c1-30-25(36)18-38-24-16-20-14-19(4-5-23(20)34(3)26(24)37)15-22-21(29)17-31-27(32-22)35-12-8-28(9-13-35)6-10-33(2)11-7-28/h4-5,14,16-17H,6-13,15,18H2,1-3H3,(H,30,36). The summed E-state index contributed by atoms with van der Waals surface area (Å²) in [6, 6.07) is 7.58. The van der Waals surface area contributed by atoms with Gasteiger partial charge in [-0.05, 0) is 75.0 Å². The Hall–Kier alpha value is -3.17. The van der Waals surface area contributed by atoms with Crippen molar-refractivity contribution in [3.05, 3.63) is 57.1 Å². The van der Waals surface area contributed by atoms with Crippen LogP contribution in [0.4, 0.5) is 5.95 Å². The molecule has 1 N–H and O–H groups in total. The topological polar surface area (TPSA) is 92.6 Å². The molecular formula is C28H35ClN6O3.